The third-order valence-electron chi connectivity index (χ3n) is 3.31. The third kappa shape index (κ3) is 5.86. The molecule has 0 atom stereocenters. The Bertz CT molecular complexity index is 183. The van der Waals surface area contributed by atoms with Crippen LogP contribution in [-0.2, 0) is 4.74 Å². The molecule has 0 spiro atoms. The molecule has 0 heterocycles. The lowest BCUT2D eigenvalue weighted by Gasteiger charge is -2.26. The summed E-state index contributed by atoms with van der Waals surface area (Å²) in [6, 6.07) is 0.564. The topological polar surface area (TPSA) is 21.3 Å². The summed E-state index contributed by atoms with van der Waals surface area (Å²) in [6.45, 7) is 11.8. The maximum Gasteiger partial charge on any atom is 0.0529 e. The van der Waals surface area contributed by atoms with Gasteiger partial charge < -0.3 is 10.1 Å². The molecule has 0 amide bonds. The van der Waals surface area contributed by atoms with Crippen LogP contribution in [0, 0.1) is 11.3 Å². The van der Waals surface area contributed by atoms with Gasteiger partial charge in [0.15, 0.2) is 0 Å². The fraction of sp³-hybridized carbons (Fsp3) is 1.00. The third-order valence-corrected chi connectivity index (χ3v) is 3.31. The Balaban J connectivity index is 2.09. The summed E-state index contributed by atoms with van der Waals surface area (Å²) in [5.41, 5.74) is 0.253. The van der Waals surface area contributed by atoms with Crippen molar-refractivity contribution in [3.05, 3.63) is 0 Å². The van der Waals surface area contributed by atoms with Crippen LogP contribution in [0.5, 0.6) is 0 Å². The van der Waals surface area contributed by atoms with Gasteiger partial charge in [-0.25, -0.2) is 0 Å². The first kappa shape index (κ1) is 14.0. The average molecular weight is 227 g/mol. The molecule has 1 rings (SSSR count). The zero-order chi connectivity index (χ0) is 12.0. The van der Waals surface area contributed by atoms with E-state index in [1.807, 2.05) is 0 Å². The Morgan fingerprint density at radius 2 is 1.88 bits per heavy atom. The molecule has 1 saturated carbocycles. The minimum atomic E-state index is 0.253. The lowest BCUT2D eigenvalue weighted by atomic mass is 9.94. The number of nitrogens with one attached hydrogen (secondary N) is 1. The number of hydrogen-bond acceptors (Lipinski definition) is 2. The Hall–Kier alpha value is -0.0800. The van der Waals surface area contributed by atoms with Crippen molar-refractivity contribution >= 4 is 0 Å². The molecule has 0 bridgehead atoms. The smallest absolute Gasteiger partial charge is 0.0529 e. The van der Waals surface area contributed by atoms with Gasteiger partial charge in [-0.1, -0.05) is 40.5 Å². The first-order valence-electron chi connectivity index (χ1n) is 6.81. The van der Waals surface area contributed by atoms with Crippen LogP contribution < -0.4 is 5.32 Å². The van der Waals surface area contributed by atoms with Gasteiger partial charge in [0, 0.05) is 24.6 Å². The summed E-state index contributed by atoms with van der Waals surface area (Å²) in [4.78, 5) is 0. The van der Waals surface area contributed by atoms with E-state index in [9.17, 15) is 0 Å². The van der Waals surface area contributed by atoms with E-state index in [0.717, 1.165) is 25.7 Å². The van der Waals surface area contributed by atoms with E-state index in [2.05, 4.69) is 33.0 Å². The second kappa shape index (κ2) is 6.61. The number of rotatable bonds is 7. The van der Waals surface area contributed by atoms with Gasteiger partial charge >= 0.3 is 0 Å². The molecule has 0 unspecified atom stereocenters. The minimum Gasteiger partial charge on any atom is -0.381 e. The van der Waals surface area contributed by atoms with E-state index in [1.165, 1.54) is 25.7 Å². The van der Waals surface area contributed by atoms with Crippen LogP contribution in [-0.4, -0.2) is 25.8 Å². The van der Waals surface area contributed by atoms with Crippen molar-refractivity contribution in [3.8, 4) is 0 Å². The van der Waals surface area contributed by atoms with Crippen molar-refractivity contribution in [2.45, 2.75) is 59.4 Å². The van der Waals surface area contributed by atoms with Crippen molar-refractivity contribution < 1.29 is 4.74 Å². The lowest BCUT2D eigenvalue weighted by Crippen LogP contribution is -2.37. The second-order valence-corrected chi connectivity index (χ2v) is 6.37. The van der Waals surface area contributed by atoms with Crippen LogP contribution >= 0.6 is 0 Å². The van der Waals surface area contributed by atoms with Gasteiger partial charge in [-0.2, -0.15) is 0 Å². The SMILES string of the molecule is CC(C)NCC(C)(C)COCC1CCCC1. The molecule has 0 radical (unpaired) electrons. The van der Waals surface area contributed by atoms with Crippen LogP contribution in [0.15, 0.2) is 0 Å². The molecule has 0 aliphatic heterocycles. The summed E-state index contributed by atoms with van der Waals surface area (Å²) >= 11 is 0. The molecule has 0 aromatic rings. The van der Waals surface area contributed by atoms with Crippen LogP contribution in [0.3, 0.4) is 0 Å². The monoisotopic (exact) mass is 227 g/mol. The molecular weight excluding hydrogens is 198 g/mol. The van der Waals surface area contributed by atoms with Crippen LogP contribution in [0.1, 0.15) is 53.4 Å². The molecule has 96 valence electrons. The van der Waals surface area contributed by atoms with E-state index >= 15 is 0 Å². The molecule has 1 aliphatic carbocycles. The maximum absolute atomic E-state index is 5.87. The van der Waals surface area contributed by atoms with Crippen molar-refractivity contribution in [1.29, 1.82) is 0 Å². The Morgan fingerprint density at radius 1 is 1.25 bits per heavy atom. The molecule has 16 heavy (non-hydrogen) atoms. The average Bonchev–Trinajstić information content (AvgIpc) is 2.68. The Kier molecular flexibility index (Phi) is 5.77. The first-order valence-corrected chi connectivity index (χ1v) is 6.81. The van der Waals surface area contributed by atoms with Crippen LogP contribution in [0.4, 0.5) is 0 Å². The van der Waals surface area contributed by atoms with Crippen LogP contribution in [0.25, 0.3) is 0 Å². The maximum atomic E-state index is 5.87. The Morgan fingerprint density at radius 3 is 2.44 bits per heavy atom. The number of ether oxygens (including phenoxy) is 1. The summed E-state index contributed by atoms with van der Waals surface area (Å²) in [6.07, 6.45) is 5.58. The lowest BCUT2D eigenvalue weighted by molar-refractivity contribution is 0.0407. The summed E-state index contributed by atoms with van der Waals surface area (Å²) in [5.74, 6) is 0.842. The fourth-order valence-electron chi connectivity index (χ4n) is 2.21. The molecule has 1 fully saturated rings. The van der Waals surface area contributed by atoms with Gasteiger partial charge in [0.2, 0.25) is 0 Å². The summed E-state index contributed by atoms with van der Waals surface area (Å²) in [5, 5.41) is 3.48. The number of hydrogen-bond donors (Lipinski definition) is 1. The fourth-order valence-corrected chi connectivity index (χ4v) is 2.21. The molecule has 0 saturated heterocycles. The van der Waals surface area contributed by atoms with Crippen molar-refractivity contribution in [3.63, 3.8) is 0 Å². The normalized spacial score (nSPS) is 18.6. The van der Waals surface area contributed by atoms with Gasteiger partial charge in [-0.15, -0.1) is 0 Å². The first-order chi connectivity index (χ1) is 7.49. The second-order valence-electron chi connectivity index (χ2n) is 6.37. The van der Waals surface area contributed by atoms with Crippen LogP contribution in [0.2, 0.25) is 0 Å². The minimum absolute atomic E-state index is 0.253. The largest absolute Gasteiger partial charge is 0.381 e. The van der Waals surface area contributed by atoms with E-state index in [-0.39, 0.29) is 5.41 Å². The highest BCUT2D eigenvalue weighted by atomic mass is 16.5. The van der Waals surface area contributed by atoms with Gasteiger partial charge in [-0.05, 0) is 18.8 Å². The highest BCUT2D eigenvalue weighted by Crippen LogP contribution is 2.25. The zero-order valence-electron chi connectivity index (χ0n) is 11.5. The molecule has 1 aliphatic rings. The van der Waals surface area contributed by atoms with Gasteiger partial charge in [-0.3, -0.25) is 0 Å². The zero-order valence-corrected chi connectivity index (χ0v) is 11.5. The van der Waals surface area contributed by atoms with E-state index < -0.39 is 0 Å². The molecular formula is C14H29NO. The van der Waals surface area contributed by atoms with E-state index in [1.54, 1.807) is 0 Å². The molecule has 2 nitrogen and oxygen atoms in total. The van der Waals surface area contributed by atoms with Gasteiger partial charge in [0.1, 0.15) is 0 Å². The molecule has 0 aromatic carbocycles. The quantitative estimate of drug-likeness (QED) is 0.721. The standard InChI is InChI=1S/C14H29NO/c1-12(2)15-10-14(3,4)11-16-9-13-7-5-6-8-13/h12-13,15H,5-11H2,1-4H3. The van der Waals surface area contributed by atoms with E-state index in [0.29, 0.717) is 6.04 Å². The predicted molar refractivity (Wildman–Crippen MR) is 69.7 cm³/mol. The summed E-state index contributed by atoms with van der Waals surface area (Å²) in [7, 11) is 0. The Labute approximate surface area is 101 Å². The summed E-state index contributed by atoms with van der Waals surface area (Å²) < 4.78 is 5.87. The van der Waals surface area contributed by atoms with E-state index in [4.69, 9.17) is 4.74 Å². The van der Waals surface area contributed by atoms with Crippen molar-refractivity contribution in [2.75, 3.05) is 19.8 Å². The highest BCUT2D eigenvalue weighted by Gasteiger charge is 2.20. The van der Waals surface area contributed by atoms with Gasteiger partial charge in [0.05, 0.1) is 6.61 Å². The highest BCUT2D eigenvalue weighted by molar-refractivity contribution is 4.73. The van der Waals surface area contributed by atoms with Gasteiger partial charge in [0.25, 0.3) is 0 Å². The van der Waals surface area contributed by atoms with Crippen molar-refractivity contribution in [2.24, 2.45) is 11.3 Å². The molecule has 2 heteroatoms. The predicted octanol–water partition coefficient (Wildman–Crippen LogP) is 3.22. The molecule has 1 N–H and O–H groups in total. The van der Waals surface area contributed by atoms with Crippen molar-refractivity contribution in [1.82, 2.24) is 5.32 Å². The molecule has 0 aromatic heterocycles.